The Morgan fingerprint density at radius 3 is 2.77 bits per heavy atom. The lowest BCUT2D eigenvalue weighted by molar-refractivity contribution is -0.145. The molecule has 1 N–H and O–H groups in total. The zero-order chi connectivity index (χ0) is 15.5. The molecule has 0 radical (unpaired) electrons. The van der Waals surface area contributed by atoms with Crippen molar-refractivity contribution in [3.8, 4) is 11.5 Å². The summed E-state index contributed by atoms with van der Waals surface area (Å²) in [5, 5.41) is 9.73. The lowest BCUT2D eigenvalue weighted by Gasteiger charge is -2.23. The summed E-state index contributed by atoms with van der Waals surface area (Å²) in [5.41, 5.74) is 2.02. The van der Waals surface area contributed by atoms with Crippen molar-refractivity contribution in [2.24, 2.45) is 0 Å². The highest BCUT2D eigenvalue weighted by atomic mass is 35.5. The predicted molar refractivity (Wildman–Crippen MR) is 82.6 cm³/mol. The molecule has 22 heavy (non-hydrogen) atoms. The lowest BCUT2D eigenvalue weighted by Crippen LogP contribution is -2.30. The number of rotatable bonds is 4. The van der Waals surface area contributed by atoms with Gasteiger partial charge in [-0.1, -0.05) is 29.8 Å². The van der Waals surface area contributed by atoms with Gasteiger partial charge in [0.25, 0.3) is 0 Å². The molecule has 2 aromatic carbocycles. The van der Waals surface area contributed by atoms with Crippen LogP contribution in [0.1, 0.15) is 17.5 Å². The predicted octanol–water partition coefficient (Wildman–Crippen LogP) is 3.70. The van der Waals surface area contributed by atoms with Gasteiger partial charge in [-0.25, -0.2) is 4.79 Å². The molecule has 1 atom stereocenters. The van der Waals surface area contributed by atoms with Crippen LogP contribution in [-0.2, 0) is 17.8 Å². The Labute approximate surface area is 133 Å². The Balaban J connectivity index is 1.69. The molecule has 0 aromatic heterocycles. The van der Waals surface area contributed by atoms with E-state index in [0.29, 0.717) is 36.0 Å². The van der Waals surface area contributed by atoms with Crippen molar-refractivity contribution in [1.29, 1.82) is 0 Å². The largest absolute Gasteiger partial charge is 0.489 e. The molecule has 0 saturated heterocycles. The number of ether oxygens (including phenoxy) is 2. The van der Waals surface area contributed by atoms with Gasteiger partial charge in [0.2, 0.25) is 0 Å². The van der Waals surface area contributed by atoms with Gasteiger partial charge in [0.05, 0.1) is 0 Å². The van der Waals surface area contributed by atoms with Crippen LogP contribution in [0.3, 0.4) is 0 Å². The molecule has 0 bridgehead atoms. The highest BCUT2D eigenvalue weighted by Crippen LogP contribution is 2.31. The fourth-order valence-electron chi connectivity index (χ4n) is 2.36. The van der Waals surface area contributed by atoms with Gasteiger partial charge < -0.3 is 14.6 Å². The van der Waals surface area contributed by atoms with Crippen LogP contribution in [-0.4, -0.2) is 17.2 Å². The first-order chi connectivity index (χ1) is 10.6. The van der Waals surface area contributed by atoms with Crippen LogP contribution in [0.25, 0.3) is 0 Å². The first kappa shape index (κ1) is 14.7. The summed E-state index contributed by atoms with van der Waals surface area (Å²) >= 11 is 5.84. The quantitative estimate of drug-likeness (QED) is 0.934. The van der Waals surface area contributed by atoms with E-state index in [1.165, 1.54) is 0 Å². The van der Waals surface area contributed by atoms with E-state index in [2.05, 4.69) is 0 Å². The van der Waals surface area contributed by atoms with E-state index in [1.54, 1.807) is 6.07 Å². The second-order valence-corrected chi connectivity index (χ2v) is 5.60. The van der Waals surface area contributed by atoms with Crippen molar-refractivity contribution in [2.75, 3.05) is 0 Å². The molecule has 0 amide bonds. The number of hydrogen-bond donors (Lipinski definition) is 1. The van der Waals surface area contributed by atoms with Crippen LogP contribution in [0.4, 0.5) is 0 Å². The smallest absolute Gasteiger partial charge is 0.344 e. The van der Waals surface area contributed by atoms with Gasteiger partial charge in [-0.2, -0.15) is 0 Å². The highest BCUT2D eigenvalue weighted by molar-refractivity contribution is 6.30. The van der Waals surface area contributed by atoms with E-state index in [0.717, 1.165) is 11.1 Å². The summed E-state index contributed by atoms with van der Waals surface area (Å²) < 4.78 is 11.2. The Morgan fingerprint density at radius 2 is 2.05 bits per heavy atom. The maximum absolute atomic E-state index is 11.0. The van der Waals surface area contributed by atoms with Gasteiger partial charge in [-0.15, -0.1) is 0 Å². The Bertz CT molecular complexity index is 682. The molecular formula is C17H15ClO4. The SMILES string of the molecule is O=C(O)C1CCc2ccc(OCc3ccc(Cl)cc3)cc2O1. The molecule has 0 spiro atoms. The van der Waals surface area contributed by atoms with Crippen LogP contribution >= 0.6 is 11.6 Å². The number of carboxylic acids is 1. The second kappa shape index (κ2) is 6.28. The number of hydrogen-bond acceptors (Lipinski definition) is 3. The first-order valence-corrected chi connectivity index (χ1v) is 7.39. The van der Waals surface area contributed by atoms with Crippen LogP contribution < -0.4 is 9.47 Å². The number of fused-ring (bicyclic) bond motifs is 1. The molecule has 1 heterocycles. The molecule has 114 valence electrons. The fourth-order valence-corrected chi connectivity index (χ4v) is 2.49. The second-order valence-electron chi connectivity index (χ2n) is 5.17. The number of aryl methyl sites for hydroxylation is 1. The van der Waals surface area contributed by atoms with Crippen molar-refractivity contribution in [3.05, 3.63) is 58.6 Å². The van der Waals surface area contributed by atoms with Crippen LogP contribution in [0.2, 0.25) is 5.02 Å². The summed E-state index contributed by atoms with van der Waals surface area (Å²) in [6.45, 7) is 0.415. The molecule has 3 rings (SSSR count). The summed E-state index contributed by atoms with van der Waals surface area (Å²) in [6, 6.07) is 13.0. The maximum Gasteiger partial charge on any atom is 0.344 e. The van der Waals surface area contributed by atoms with Crippen molar-refractivity contribution >= 4 is 17.6 Å². The minimum atomic E-state index is -0.932. The molecule has 2 aromatic rings. The average Bonchev–Trinajstić information content (AvgIpc) is 2.53. The van der Waals surface area contributed by atoms with Gasteiger partial charge in [-0.3, -0.25) is 0 Å². The van der Waals surface area contributed by atoms with E-state index in [1.807, 2.05) is 36.4 Å². The minimum absolute atomic E-state index is 0.415. The first-order valence-electron chi connectivity index (χ1n) is 7.01. The summed E-state index contributed by atoms with van der Waals surface area (Å²) in [7, 11) is 0. The van der Waals surface area contributed by atoms with Crippen molar-refractivity contribution in [1.82, 2.24) is 0 Å². The van der Waals surface area contributed by atoms with Crippen molar-refractivity contribution in [2.45, 2.75) is 25.6 Å². The van der Waals surface area contributed by atoms with Crippen molar-refractivity contribution < 1.29 is 19.4 Å². The van der Waals surface area contributed by atoms with Gasteiger partial charge in [0, 0.05) is 11.1 Å². The fraction of sp³-hybridized carbons (Fsp3) is 0.235. The minimum Gasteiger partial charge on any atom is -0.489 e. The number of carboxylic acid groups (broad SMARTS) is 1. The third kappa shape index (κ3) is 3.34. The third-order valence-corrected chi connectivity index (χ3v) is 3.83. The summed E-state index contributed by atoms with van der Waals surface area (Å²) in [5.74, 6) is 0.310. The van der Waals surface area contributed by atoms with E-state index in [-0.39, 0.29) is 0 Å². The zero-order valence-corrected chi connectivity index (χ0v) is 12.5. The van der Waals surface area contributed by atoms with E-state index >= 15 is 0 Å². The zero-order valence-electron chi connectivity index (χ0n) is 11.8. The number of halogens is 1. The van der Waals surface area contributed by atoms with Gasteiger partial charge in [-0.05, 0) is 42.2 Å². The Kier molecular flexibility index (Phi) is 4.20. The number of aliphatic carboxylic acids is 1. The number of carbonyl (C=O) groups is 1. The molecule has 1 aliphatic rings. The van der Waals surface area contributed by atoms with E-state index in [9.17, 15) is 4.79 Å². The van der Waals surface area contributed by atoms with Crippen LogP contribution in [0.5, 0.6) is 11.5 Å². The maximum atomic E-state index is 11.0. The molecule has 4 nitrogen and oxygen atoms in total. The Hall–Kier alpha value is -2.20. The molecule has 5 heteroatoms. The number of benzene rings is 2. The standard InChI is InChI=1S/C17H15ClO4/c18-13-5-1-11(2-6-13)10-21-14-7-3-12-4-8-15(17(19)20)22-16(12)9-14/h1-3,5-7,9,15H,4,8,10H2,(H,19,20). The molecular weight excluding hydrogens is 304 g/mol. The molecule has 0 fully saturated rings. The van der Waals surface area contributed by atoms with Crippen LogP contribution in [0, 0.1) is 0 Å². The van der Waals surface area contributed by atoms with E-state index < -0.39 is 12.1 Å². The van der Waals surface area contributed by atoms with E-state index in [4.69, 9.17) is 26.2 Å². The highest BCUT2D eigenvalue weighted by Gasteiger charge is 2.25. The molecule has 0 saturated carbocycles. The van der Waals surface area contributed by atoms with Gasteiger partial charge in [0.1, 0.15) is 18.1 Å². The van der Waals surface area contributed by atoms with Gasteiger partial charge >= 0.3 is 5.97 Å². The lowest BCUT2D eigenvalue weighted by atomic mass is 10.0. The molecule has 0 aliphatic carbocycles. The third-order valence-electron chi connectivity index (χ3n) is 3.58. The van der Waals surface area contributed by atoms with Crippen molar-refractivity contribution in [3.63, 3.8) is 0 Å². The Morgan fingerprint density at radius 1 is 1.27 bits per heavy atom. The summed E-state index contributed by atoms with van der Waals surface area (Å²) in [4.78, 5) is 11.0. The molecule has 1 unspecified atom stereocenters. The average molecular weight is 319 g/mol. The molecule has 1 aliphatic heterocycles. The monoisotopic (exact) mass is 318 g/mol. The van der Waals surface area contributed by atoms with Gasteiger partial charge in [0.15, 0.2) is 6.10 Å². The van der Waals surface area contributed by atoms with Crippen LogP contribution in [0.15, 0.2) is 42.5 Å². The summed E-state index contributed by atoms with van der Waals surface area (Å²) in [6.07, 6.45) is 0.413. The topological polar surface area (TPSA) is 55.8 Å². The normalized spacial score (nSPS) is 16.5.